The van der Waals surface area contributed by atoms with Gasteiger partial charge >= 0.3 is 6.03 Å². The molecular weight excluding hydrogens is 258 g/mol. The van der Waals surface area contributed by atoms with Crippen molar-refractivity contribution >= 4 is 23.5 Å². The van der Waals surface area contributed by atoms with Crippen molar-refractivity contribution in [2.24, 2.45) is 5.92 Å². The monoisotopic (exact) mass is 273 g/mol. The smallest absolute Gasteiger partial charge is 0.314 e. The van der Waals surface area contributed by atoms with Gasteiger partial charge in [-0.2, -0.15) is 9.88 Å². The van der Waals surface area contributed by atoms with Crippen molar-refractivity contribution in [3.8, 4) is 0 Å². The average molecular weight is 273 g/mol. The Morgan fingerprint density at radius 1 is 1.30 bits per heavy atom. The molecule has 0 atom stereocenters. The molecule has 1 aliphatic rings. The van der Waals surface area contributed by atoms with Gasteiger partial charge in [0.25, 0.3) is 11.9 Å². The Bertz CT molecular complexity index is 645. The number of hydrogen-bond acceptors (Lipinski definition) is 4. The van der Waals surface area contributed by atoms with Crippen molar-refractivity contribution in [2.45, 2.75) is 13.8 Å². The summed E-state index contributed by atoms with van der Waals surface area (Å²) in [5, 5.41) is 4.17. The van der Waals surface area contributed by atoms with Crippen LogP contribution in [0.4, 0.5) is 10.7 Å². The third-order valence-corrected chi connectivity index (χ3v) is 3.05. The number of imide groups is 1. The number of aromatic nitrogens is 3. The minimum absolute atomic E-state index is 0.0898. The second kappa shape index (κ2) is 4.59. The van der Waals surface area contributed by atoms with Crippen LogP contribution in [0.25, 0.3) is 5.65 Å². The molecule has 1 aliphatic heterocycles. The highest BCUT2D eigenvalue weighted by atomic mass is 16.2. The van der Waals surface area contributed by atoms with E-state index in [2.05, 4.69) is 10.1 Å². The van der Waals surface area contributed by atoms with Crippen LogP contribution in [-0.2, 0) is 4.79 Å². The highest BCUT2D eigenvalue weighted by molar-refractivity contribution is 6.18. The maximum absolute atomic E-state index is 12.3. The minimum Gasteiger partial charge on any atom is -0.314 e. The van der Waals surface area contributed by atoms with Crippen LogP contribution in [0.1, 0.15) is 13.8 Å². The van der Waals surface area contributed by atoms with E-state index in [4.69, 9.17) is 0 Å². The number of carbonyl (C=O) groups excluding carboxylic acids is 2. The third kappa shape index (κ3) is 2.01. The summed E-state index contributed by atoms with van der Waals surface area (Å²) in [6, 6.07) is 5.06. The number of hydrogen-bond donors (Lipinski definition) is 0. The first kappa shape index (κ1) is 12.6. The van der Waals surface area contributed by atoms with Gasteiger partial charge in [0.2, 0.25) is 0 Å². The van der Waals surface area contributed by atoms with Gasteiger partial charge in [-0.1, -0.05) is 19.9 Å². The average Bonchev–Trinajstić information content (AvgIpc) is 2.90. The molecule has 0 aromatic carbocycles. The summed E-state index contributed by atoms with van der Waals surface area (Å²) < 4.78 is 1.54. The van der Waals surface area contributed by atoms with Gasteiger partial charge in [-0.15, -0.1) is 5.10 Å². The molecule has 0 saturated carbocycles. The van der Waals surface area contributed by atoms with Crippen LogP contribution in [-0.4, -0.2) is 44.5 Å². The quantitative estimate of drug-likeness (QED) is 0.787. The van der Waals surface area contributed by atoms with Crippen LogP contribution in [0, 0.1) is 5.92 Å². The normalized spacial score (nSPS) is 15.9. The summed E-state index contributed by atoms with van der Waals surface area (Å²) in [5.41, 5.74) is 0.602. The topological polar surface area (TPSA) is 70.8 Å². The Morgan fingerprint density at radius 2 is 2.10 bits per heavy atom. The Labute approximate surface area is 115 Å². The maximum Gasteiger partial charge on any atom is 0.334 e. The van der Waals surface area contributed by atoms with Gasteiger partial charge in [-0.05, 0) is 18.1 Å². The van der Waals surface area contributed by atoms with Crippen molar-refractivity contribution in [1.29, 1.82) is 0 Å². The van der Waals surface area contributed by atoms with Crippen molar-refractivity contribution in [3.05, 3.63) is 24.4 Å². The molecule has 0 aliphatic carbocycles. The Hall–Kier alpha value is -2.44. The summed E-state index contributed by atoms with van der Waals surface area (Å²) >= 11 is 0. The first-order valence-electron chi connectivity index (χ1n) is 6.49. The Morgan fingerprint density at radius 3 is 2.80 bits per heavy atom. The van der Waals surface area contributed by atoms with Gasteiger partial charge < -0.3 is 4.90 Å². The van der Waals surface area contributed by atoms with Gasteiger partial charge in [0.15, 0.2) is 5.65 Å². The highest BCUT2D eigenvalue weighted by Crippen LogP contribution is 2.19. The largest absolute Gasteiger partial charge is 0.334 e. The van der Waals surface area contributed by atoms with E-state index in [1.165, 1.54) is 4.90 Å². The molecule has 2 aromatic heterocycles. The van der Waals surface area contributed by atoms with E-state index >= 15 is 0 Å². The minimum atomic E-state index is -0.348. The lowest BCUT2D eigenvalue weighted by Crippen LogP contribution is -2.35. The van der Waals surface area contributed by atoms with Crippen LogP contribution >= 0.6 is 0 Å². The fourth-order valence-corrected chi connectivity index (χ4v) is 2.24. The van der Waals surface area contributed by atoms with E-state index < -0.39 is 0 Å². The molecule has 3 heterocycles. The van der Waals surface area contributed by atoms with Gasteiger partial charge in [-0.3, -0.25) is 4.79 Å². The molecule has 0 N–H and O–H groups in total. The zero-order valence-electron chi connectivity index (χ0n) is 11.4. The molecule has 0 unspecified atom stereocenters. The molecule has 2 aromatic rings. The van der Waals surface area contributed by atoms with Crippen LogP contribution in [0.3, 0.4) is 0 Å². The molecule has 3 rings (SSSR count). The predicted octanol–water partition coefficient (Wildman–Crippen LogP) is 1.15. The van der Waals surface area contributed by atoms with E-state index in [1.807, 2.05) is 26.0 Å². The number of pyridine rings is 1. The number of nitrogens with zero attached hydrogens (tertiary/aromatic N) is 5. The molecule has 1 saturated heterocycles. The van der Waals surface area contributed by atoms with E-state index in [9.17, 15) is 9.59 Å². The predicted molar refractivity (Wildman–Crippen MR) is 72.3 cm³/mol. The highest BCUT2D eigenvalue weighted by Gasteiger charge is 2.39. The molecular formula is C13H15N5O2. The lowest BCUT2D eigenvalue weighted by molar-refractivity contribution is -0.116. The lowest BCUT2D eigenvalue weighted by atomic mass is 10.2. The molecule has 1 fully saturated rings. The summed E-state index contributed by atoms with van der Waals surface area (Å²) in [7, 11) is 0. The van der Waals surface area contributed by atoms with Gasteiger partial charge in [0.05, 0.1) is 0 Å². The van der Waals surface area contributed by atoms with Crippen molar-refractivity contribution in [1.82, 2.24) is 19.5 Å². The van der Waals surface area contributed by atoms with E-state index in [0.717, 1.165) is 4.90 Å². The first-order chi connectivity index (χ1) is 9.56. The maximum atomic E-state index is 12.3. The summed E-state index contributed by atoms with van der Waals surface area (Å²) in [6.07, 6.45) is 1.72. The fourth-order valence-electron chi connectivity index (χ4n) is 2.24. The fraction of sp³-hybridized carbons (Fsp3) is 0.385. The first-order valence-corrected chi connectivity index (χ1v) is 6.49. The van der Waals surface area contributed by atoms with Crippen LogP contribution in [0.2, 0.25) is 0 Å². The van der Waals surface area contributed by atoms with Crippen molar-refractivity contribution in [2.75, 3.05) is 18.0 Å². The second-order valence-corrected chi connectivity index (χ2v) is 5.20. The molecule has 0 radical (unpaired) electrons. The van der Waals surface area contributed by atoms with Crippen molar-refractivity contribution in [3.63, 3.8) is 0 Å². The zero-order valence-corrected chi connectivity index (χ0v) is 11.4. The van der Waals surface area contributed by atoms with Crippen LogP contribution in [0.5, 0.6) is 0 Å². The Kier molecular flexibility index (Phi) is 2.89. The van der Waals surface area contributed by atoms with E-state index in [-0.39, 0.29) is 24.4 Å². The molecule has 7 nitrogen and oxygen atoms in total. The Balaban J connectivity index is 1.93. The number of carbonyl (C=O) groups is 2. The molecule has 20 heavy (non-hydrogen) atoms. The van der Waals surface area contributed by atoms with E-state index in [1.54, 1.807) is 16.8 Å². The third-order valence-electron chi connectivity index (χ3n) is 3.05. The molecule has 0 spiro atoms. The van der Waals surface area contributed by atoms with E-state index in [0.29, 0.717) is 18.1 Å². The summed E-state index contributed by atoms with van der Waals surface area (Å²) in [4.78, 5) is 31.1. The summed E-state index contributed by atoms with van der Waals surface area (Å²) in [6.45, 7) is 4.65. The molecule has 104 valence electrons. The van der Waals surface area contributed by atoms with Gasteiger partial charge in [0, 0.05) is 12.7 Å². The zero-order chi connectivity index (χ0) is 14.3. The van der Waals surface area contributed by atoms with Crippen LogP contribution in [0.15, 0.2) is 24.4 Å². The summed E-state index contributed by atoms with van der Waals surface area (Å²) in [5.74, 6) is 0.157. The second-order valence-electron chi connectivity index (χ2n) is 5.20. The number of anilines is 1. The number of amides is 3. The number of urea groups is 1. The lowest BCUT2D eigenvalue weighted by Gasteiger charge is -2.16. The SMILES string of the molecule is CC(C)CN1CC(=O)N(c2nc3ccccn3n2)C1=O. The standard InChI is InChI=1S/C13H15N5O2/c1-9(2)7-16-8-11(19)18(13(16)20)12-14-10-5-3-4-6-17(10)15-12/h3-6,9H,7-8H2,1-2H3. The van der Waals surface area contributed by atoms with Gasteiger partial charge in [-0.25, -0.2) is 9.31 Å². The molecule has 3 amide bonds. The number of rotatable bonds is 3. The van der Waals surface area contributed by atoms with Crippen LogP contribution < -0.4 is 4.90 Å². The molecule has 0 bridgehead atoms. The van der Waals surface area contributed by atoms with Crippen molar-refractivity contribution < 1.29 is 9.59 Å². The number of fused-ring (bicyclic) bond motifs is 1. The van der Waals surface area contributed by atoms with Gasteiger partial charge in [0.1, 0.15) is 6.54 Å². The molecule has 7 heteroatoms.